The number of nitrogens with zero attached hydrogens (tertiary/aromatic N) is 1. The lowest BCUT2D eigenvalue weighted by Gasteiger charge is -2.56. The third kappa shape index (κ3) is 6.68. The quantitative estimate of drug-likeness (QED) is 0.366. The standard InChI is InChI=1S/C24H47NO3/c1-8-9-10-11-12-13-14-15-16-21-17-26-24(27-21)18-22(4,5)25(28-20(2)3)23(6,7)19-24/h20-21H,8-19H2,1-7H3. The molecule has 2 fully saturated rings. The predicted octanol–water partition coefficient (Wildman–Crippen LogP) is 6.62. The van der Waals surface area contributed by atoms with Gasteiger partial charge in [0, 0.05) is 23.9 Å². The lowest BCUT2D eigenvalue weighted by molar-refractivity contribution is -0.348. The lowest BCUT2D eigenvalue weighted by atomic mass is 9.78. The average molecular weight is 398 g/mol. The Bertz CT molecular complexity index is 443. The first-order valence-electron chi connectivity index (χ1n) is 11.9. The molecule has 0 N–H and O–H groups in total. The maximum atomic E-state index is 6.57. The monoisotopic (exact) mass is 397 g/mol. The molecule has 2 heterocycles. The Balaban J connectivity index is 1.78. The number of unbranched alkanes of at least 4 members (excludes halogenated alkanes) is 7. The fraction of sp³-hybridized carbons (Fsp3) is 1.00. The summed E-state index contributed by atoms with van der Waals surface area (Å²) in [7, 11) is 0. The zero-order valence-electron chi connectivity index (χ0n) is 19.8. The first-order valence-corrected chi connectivity index (χ1v) is 11.9. The van der Waals surface area contributed by atoms with Crippen molar-refractivity contribution in [3.8, 4) is 0 Å². The summed E-state index contributed by atoms with van der Waals surface area (Å²) in [6.07, 6.45) is 14.1. The predicted molar refractivity (Wildman–Crippen MR) is 116 cm³/mol. The van der Waals surface area contributed by atoms with Gasteiger partial charge >= 0.3 is 0 Å². The molecule has 28 heavy (non-hydrogen) atoms. The molecule has 1 atom stereocenters. The number of rotatable bonds is 11. The lowest BCUT2D eigenvalue weighted by Crippen LogP contribution is -2.66. The van der Waals surface area contributed by atoms with Crippen molar-refractivity contribution in [2.75, 3.05) is 6.61 Å². The Morgan fingerprint density at radius 3 is 1.96 bits per heavy atom. The van der Waals surface area contributed by atoms with Crippen LogP contribution in [0.1, 0.15) is 119 Å². The third-order valence-electron chi connectivity index (χ3n) is 6.11. The molecule has 4 nitrogen and oxygen atoms in total. The van der Waals surface area contributed by atoms with E-state index in [2.05, 4.69) is 53.5 Å². The number of hydroxylamine groups is 2. The average Bonchev–Trinajstić information content (AvgIpc) is 2.94. The third-order valence-corrected chi connectivity index (χ3v) is 6.11. The number of hydrogen-bond acceptors (Lipinski definition) is 4. The Hall–Kier alpha value is -0.160. The minimum atomic E-state index is -0.450. The van der Waals surface area contributed by atoms with E-state index in [4.69, 9.17) is 14.3 Å². The molecule has 2 saturated heterocycles. The van der Waals surface area contributed by atoms with Crippen molar-refractivity contribution in [2.45, 2.75) is 148 Å². The molecule has 4 heteroatoms. The number of piperidine rings is 1. The summed E-state index contributed by atoms with van der Waals surface area (Å²) < 4.78 is 12.9. The highest BCUT2D eigenvalue weighted by molar-refractivity contribution is 5.03. The van der Waals surface area contributed by atoms with Crippen LogP contribution in [0.5, 0.6) is 0 Å². The van der Waals surface area contributed by atoms with Crippen LogP contribution in [0, 0.1) is 0 Å². The maximum absolute atomic E-state index is 6.57. The molecular weight excluding hydrogens is 350 g/mol. The van der Waals surface area contributed by atoms with E-state index in [1.54, 1.807) is 0 Å². The van der Waals surface area contributed by atoms with Gasteiger partial charge < -0.3 is 9.47 Å². The van der Waals surface area contributed by atoms with E-state index in [0.29, 0.717) is 0 Å². The van der Waals surface area contributed by atoms with Gasteiger partial charge in [0.1, 0.15) is 0 Å². The molecule has 0 aromatic carbocycles. The summed E-state index contributed by atoms with van der Waals surface area (Å²) in [4.78, 5) is 6.20. The van der Waals surface area contributed by atoms with Crippen LogP contribution in [0.15, 0.2) is 0 Å². The van der Waals surface area contributed by atoms with Crippen LogP contribution in [-0.2, 0) is 14.3 Å². The van der Waals surface area contributed by atoms with Crippen molar-refractivity contribution in [3.05, 3.63) is 0 Å². The van der Waals surface area contributed by atoms with E-state index < -0.39 is 5.79 Å². The molecule has 1 unspecified atom stereocenters. The summed E-state index contributed by atoms with van der Waals surface area (Å²) in [6, 6.07) is 0. The van der Waals surface area contributed by atoms with Gasteiger partial charge in [-0.05, 0) is 48.0 Å². The molecule has 2 aliphatic heterocycles. The summed E-state index contributed by atoms with van der Waals surface area (Å²) in [5, 5.41) is 2.19. The highest BCUT2D eigenvalue weighted by atomic mass is 16.7. The molecule has 0 saturated carbocycles. The smallest absolute Gasteiger partial charge is 0.172 e. The van der Waals surface area contributed by atoms with Gasteiger partial charge in [-0.25, -0.2) is 0 Å². The molecule has 166 valence electrons. The van der Waals surface area contributed by atoms with Crippen molar-refractivity contribution in [1.82, 2.24) is 5.06 Å². The van der Waals surface area contributed by atoms with E-state index in [1.165, 1.54) is 51.4 Å². The van der Waals surface area contributed by atoms with E-state index >= 15 is 0 Å². The van der Waals surface area contributed by atoms with Crippen LogP contribution in [0.3, 0.4) is 0 Å². The van der Waals surface area contributed by atoms with Crippen LogP contribution in [-0.4, -0.2) is 40.7 Å². The van der Waals surface area contributed by atoms with Gasteiger partial charge in [0.25, 0.3) is 0 Å². The van der Waals surface area contributed by atoms with Crippen molar-refractivity contribution in [3.63, 3.8) is 0 Å². The Morgan fingerprint density at radius 1 is 0.893 bits per heavy atom. The molecule has 0 bridgehead atoms. The second-order valence-corrected chi connectivity index (χ2v) is 10.7. The zero-order valence-corrected chi connectivity index (χ0v) is 19.8. The molecule has 1 spiro atoms. The molecule has 0 aromatic rings. The summed E-state index contributed by atoms with van der Waals surface area (Å²) in [5.41, 5.74) is -0.251. The molecule has 0 aliphatic carbocycles. The molecule has 0 aromatic heterocycles. The minimum absolute atomic E-state index is 0.126. The van der Waals surface area contributed by atoms with Gasteiger partial charge in [-0.15, -0.1) is 0 Å². The largest absolute Gasteiger partial charge is 0.347 e. The SMILES string of the molecule is CCCCCCCCCCC1COC2(CC(C)(C)N(OC(C)C)C(C)(C)C2)O1. The molecule has 0 amide bonds. The second kappa shape index (κ2) is 10.2. The highest BCUT2D eigenvalue weighted by Crippen LogP contribution is 2.49. The Morgan fingerprint density at radius 2 is 1.43 bits per heavy atom. The van der Waals surface area contributed by atoms with Crippen molar-refractivity contribution >= 4 is 0 Å². The minimum Gasteiger partial charge on any atom is -0.347 e. The van der Waals surface area contributed by atoms with Crippen molar-refractivity contribution in [2.24, 2.45) is 0 Å². The first-order chi connectivity index (χ1) is 13.1. The Labute approximate surface area is 174 Å². The van der Waals surface area contributed by atoms with Crippen molar-refractivity contribution < 1.29 is 14.3 Å². The summed E-state index contributed by atoms with van der Waals surface area (Å²) in [6.45, 7) is 16.2. The van der Waals surface area contributed by atoms with Gasteiger partial charge in [-0.3, -0.25) is 4.84 Å². The van der Waals surface area contributed by atoms with Gasteiger partial charge in [-0.2, -0.15) is 5.06 Å². The zero-order chi connectivity index (χ0) is 20.8. The van der Waals surface area contributed by atoms with Gasteiger partial charge in [0.2, 0.25) is 0 Å². The van der Waals surface area contributed by atoms with Gasteiger partial charge in [-0.1, -0.05) is 58.3 Å². The normalized spacial score (nSPS) is 26.4. The maximum Gasteiger partial charge on any atom is 0.172 e. The van der Waals surface area contributed by atoms with Crippen LogP contribution >= 0.6 is 0 Å². The van der Waals surface area contributed by atoms with Crippen LogP contribution in [0.4, 0.5) is 0 Å². The molecule has 0 radical (unpaired) electrons. The second-order valence-electron chi connectivity index (χ2n) is 10.7. The van der Waals surface area contributed by atoms with E-state index in [0.717, 1.165) is 25.9 Å². The number of ether oxygens (including phenoxy) is 2. The fourth-order valence-electron chi connectivity index (χ4n) is 5.29. The topological polar surface area (TPSA) is 30.9 Å². The van der Waals surface area contributed by atoms with E-state index in [1.807, 2.05) is 0 Å². The van der Waals surface area contributed by atoms with Crippen LogP contribution in [0.25, 0.3) is 0 Å². The molecular formula is C24H47NO3. The van der Waals surface area contributed by atoms with Crippen molar-refractivity contribution in [1.29, 1.82) is 0 Å². The highest BCUT2D eigenvalue weighted by Gasteiger charge is 2.57. The molecule has 2 rings (SSSR count). The number of hydrogen-bond donors (Lipinski definition) is 0. The fourth-order valence-corrected chi connectivity index (χ4v) is 5.29. The molecule has 2 aliphatic rings. The van der Waals surface area contributed by atoms with Crippen LogP contribution < -0.4 is 0 Å². The summed E-state index contributed by atoms with van der Waals surface area (Å²) >= 11 is 0. The summed E-state index contributed by atoms with van der Waals surface area (Å²) in [5.74, 6) is -0.450. The van der Waals surface area contributed by atoms with Gasteiger partial charge in [0.05, 0.1) is 18.8 Å². The first kappa shape index (κ1) is 24.1. The van der Waals surface area contributed by atoms with Crippen LogP contribution in [0.2, 0.25) is 0 Å². The van der Waals surface area contributed by atoms with E-state index in [-0.39, 0.29) is 23.3 Å². The van der Waals surface area contributed by atoms with Gasteiger partial charge in [0.15, 0.2) is 5.79 Å². The Kier molecular flexibility index (Phi) is 8.82. The van der Waals surface area contributed by atoms with E-state index in [9.17, 15) is 0 Å².